The SMILES string of the molecule is O=C(C1CC1)N1CCC[C@H]1c1ncc(-c2ccc(-c3ccc(-c4cnc([C@H]5[C@H]6CC[C@@H](C6)N5C(=O)C5CC5)[nH]4)cc3)cc2)[nH]1. The van der Waals surface area contributed by atoms with E-state index >= 15 is 0 Å². The number of carbonyl (C=O) groups excluding carboxylic acids is 2. The number of nitrogens with one attached hydrogen (secondary N) is 2. The molecule has 5 fully saturated rings. The highest BCUT2D eigenvalue weighted by Crippen LogP contribution is 2.51. The minimum atomic E-state index is 0.0676. The molecule has 3 saturated carbocycles. The van der Waals surface area contributed by atoms with Gasteiger partial charge in [-0.2, -0.15) is 0 Å². The molecule has 2 aromatic heterocycles. The maximum Gasteiger partial charge on any atom is 0.226 e. The summed E-state index contributed by atoms with van der Waals surface area (Å²) in [6, 6.07) is 17.7. The average molecular weight is 587 g/mol. The molecule has 0 radical (unpaired) electrons. The molecule has 4 atom stereocenters. The zero-order valence-electron chi connectivity index (χ0n) is 24.9. The van der Waals surface area contributed by atoms with Crippen LogP contribution in [0.1, 0.15) is 81.5 Å². The van der Waals surface area contributed by atoms with Gasteiger partial charge in [-0.15, -0.1) is 0 Å². The van der Waals surface area contributed by atoms with E-state index < -0.39 is 0 Å². The Labute approximate surface area is 257 Å². The van der Waals surface area contributed by atoms with Gasteiger partial charge in [-0.05, 0) is 86.0 Å². The van der Waals surface area contributed by atoms with Crippen molar-refractivity contribution in [3.8, 4) is 33.6 Å². The van der Waals surface area contributed by atoms with Gasteiger partial charge in [0.2, 0.25) is 11.8 Å². The molecule has 8 heteroatoms. The number of likely N-dealkylation sites (tertiary alicyclic amines) is 2. The molecule has 2 amide bonds. The summed E-state index contributed by atoms with van der Waals surface area (Å²) < 4.78 is 0. The van der Waals surface area contributed by atoms with E-state index in [9.17, 15) is 9.59 Å². The minimum Gasteiger partial charge on any atom is -0.340 e. The number of carbonyl (C=O) groups is 2. The number of benzene rings is 2. The van der Waals surface area contributed by atoms with Crippen LogP contribution in [0.3, 0.4) is 0 Å². The number of aromatic nitrogens is 4. The van der Waals surface area contributed by atoms with Crippen molar-refractivity contribution < 1.29 is 9.59 Å². The van der Waals surface area contributed by atoms with Crippen molar-refractivity contribution in [2.75, 3.05) is 6.54 Å². The Morgan fingerprint density at radius 1 is 0.659 bits per heavy atom. The summed E-state index contributed by atoms with van der Waals surface area (Å²) in [6.45, 7) is 0.840. The maximum absolute atomic E-state index is 13.1. The number of nitrogens with zero attached hydrogens (tertiary/aromatic N) is 4. The summed E-state index contributed by atoms with van der Waals surface area (Å²) in [4.78, 5) is 46.7. The molecule has 4 heterocycles. The van der Waals surface area contributed by atoms with Gasteiger partial charge in [-0.3, -0.25) is 9.59 Å². The molecule has 4 aromatic rings. The standard InChI is InChI=1S/C36H38N6O2/c43-35(25-11-12-25)41-17-1-2-31(41)33-37-19-29(39-33)23-7-3-21(4-8-23)22-5-9-24(10-6-22)30-20-38-34(40-30)32-27-15-16-28(18-27)42(32)36(44)26-13-14-26/h3-10,19-20,25-28,31-32H,1-2,11-18H2,(H,37,39)(H,38,40)/t27-,28-,31-,32+/m0/s1. The molecular formula is C36H38N6O2. The molecule has 2 aromatic carbocycles. The number of hydrogen-bond acceptors (Lipinski definition) is 4. The number of imidazole rings is 2. The molecule has 0 spiro atoms. The lowest BCUT2D eigenvalue weighted by Crippen LogP contribution is -2.41. The van der Waals surface area contributed by atoms with Gasteiger partial charge in [0.05, 0.1) is 35.9 Å². The van der Waals surface area contributed by atoms with E-state index in [2.05, 4.69) is 63.4 Å². The molecule has 0 unspecified atom stereocenters. The third-order valence-electron chi connectivity index (χ3n) is 10.7. The van der Waals surface area contributed by atoms with Crippen LogP contribution in [0.2, 0.25) is 0 Å². The number of rotatable bonds is 7. The molecule has 3 aliphatic carbocycles. The van der Waals surface area contributed by atoms with Crippen molar-refractivity contribution >= 4 is 11.8 Å². The molecule has 5 aliphatic rings. The summed E-state index contributed by atoms with van der Waals surface area (Å²) in [7, 11) is 0. The summed E-state index contributed by atoms with van der Waals surface area (Å²) in [5.74, 6) is 3.51. The lowest BCUT2D eigenvalue weighted by atomic mass is 9.97. The molecule has 9 rings (SSSR count). The van der Waals surface area contributed by atoms with E-state index in [1.54, 1.807) is 0 Å². The number of hydrogen-bond donors (Lipinski definition) is 2. The van der Waals surface area contributed by atoms with Crippen molar-refractivity contribution in [2.24, 2.45) is 17.8 Å². The van der Waals surface area contributed by atoms with Gasteiger partial charge >= 0.3 is 0 Å². The van der Waals surface area contributed by atoms with Gasteiger partial charge in [0.15, 0.2) is 0 Å². The lowest BCUT2D eigenvalue weighted by molar-refractivity contribution is -0.137. The highest BCUT2D eigenvalue weighted by Gasteiger charge is 2.52. The Morgan fingerprint density at radius 2 is 1.23 bits per heavy atom. The summed E-state index contributed by atoms with van der Waals surface area (Å²) >= 11 is 0. The third-order valence-corrected chi connectivity index (χ3v) is 10.7. The van der Waals surface area contributed by atoms with Crippen molar-refractivity contribution in [2.45, 2.75) is 75.9 Å². The van der Waals surface area contributed by atoms with E-state index in [-0.39, 0.29) is 23.9 Å². The molecule has 2 saturated heterocycles. The van der Waals surface area contributed by atoms with Crippen LogP contribution in [0.4, 0.5) is 0 Å². The topological polar surface area (TPSA) is 98.0 Å². The smallest absolute Gasteiger partial charge is 0.226 e. The number of fused-ring (bicyclic) bond motifs is 2. The zero-order chi connectivity index (χ0) is 29.4. The second-order valence-corrected chi connectivity index (χ2v) is 13.7. The minimum absolute atomic E-state index is 0.0676. The quantitative estimate of drug-likeness (QED) is 0.253. The van der Waals surface area contributed by atoms with Crippen LogP contribution in [-0.4, -0.2) is 54.1 Å². The van der Waals surface area contributed by atoms with Gasteiger partial charge in [0.1, 0.15) is 11.6 Å². The maximum atomic E-state index is 13.1. The predicted molar refractivity (Wildman–Crippen MR) is 167 cm³/mol. The van der Waals surface area contributed by atoms with Crippen LogP contribution >= 0.6 is 0 Å². The van der Waals surface area contributed by atoms with Crippen LogP contribution in [-0.2, 0) is 9.59 Å². The highest BCUT2D eigenvalue weighted by atomic mass is 16.2. The molecule has 2 aliphatic heterocycles. The normalized spacial score (nSPS) is 26.1. The fraction of sp³-hybridized carbons (Fsp3) is 0.444. The summed E-state index contributed by atoms with van der Waals surface area (Å²) in [5, 5.41) is 0. The van der Waals surface area contributed by atoms with Crippen LogP contribution in [0.5, 0.6) is 0 Å². The first kappa shape index (κ1) is 26.2. The molecule has 2 bridgehead atoms. The first-order chi connectivity index (χ1) is 21.6. The van der Waals surface area contributed by atoms with E-state index in [1.165, 1.54) is 6.42 Å². The Hall–Kier alpha value is -4.20. The second-order valence-electron chi connectivity index (χ2n) is 13.7. The molecule has 224 valence electrons. The summed E-state index contributed by atoms with van der Waals surface area (Å²) in [5.41, 5.74) is 6.47. The lowest BCUT2D eigenvalue weighted by Gasteiger charge is -2.34. The van der Waals surface area contributed by atoms with E-state index in [0.717, 1.165) is 103 Å². The molecule has 2 N–H and O–H groups in total. The van der Waals surface area contributed by atoms with E-state index in [1.807, 2.05) is 17.3 Å². The first-order valence-corrected chi connectivity index (χ1v) is 16.5. The Morgan fingerprint density at radius 3 is 1.86 bits per heavy atom. The van der Waals surface area contributed by atoms with Crippen LogP contribution in [0.25, 0.3) is 33.6 Å². The second kappa shape index (κ2) is 10.2. The fourth-order valence-corrected chi connectivity index (χ4v) is 8.05. The van der Waals surface area contributed by atoms with Crippen molar-refractivity contribution in [1.82, 2.24) is 29.7 Å². The van der Waals surface area contributed by atoms with Crippen LogP contribution < -0.4 is 0 Å². The first-order valence-electron chi connectivity index (χ1n) is 16.5. The fourth-order valence-electron chi connectivity index (χ4n) is 8.05. The average Bonchev–Trinajstić information content (AvgIpc) is 3.73. The van der Waals surface area contributed by atoms with E-state index in [0.29, 0.717) is 23.8 Å². The van der Waals surface area contributed by atoms with E-state index in [4.69, 9.17) is 9.97 Å². The van der Waals surface area contributed by atoms with Crippen molar-refractivity contribution in [1.29, 1.82) is 0 Å². The van der Waals surface area contributed by atoms with Crippen LogP contribution in [0.15, 0.2) is 60.9 Å². The van der Waals surface area contributed by atoms with Gasteiger partial charge < -0.3 is 19.8 Å². The predicted octanol–water partition coefficient (Wildman–Crippen LogP) is 6.67. The van der Waals surface area contributed by atoms with Gasteiger partial charge in [-0.25, -0.2) is 9.97 Å². The molecule has 8 nitrogen and oxygen atoms in total. The Bertz CT molecular complexity index is 1710. The van der Waals surface area contributed by atoms with Crippen LogP contribution in [0, 0.1) is 17.8 Å². The third kappa shape index (κ3) is 4.49. The van der Waals surface area contributed by atoms with Crippen molar-refractivity contribution in [3.05, 3.63) is 72.6 Å². The number of aromatic amines is 2. The Kier molecular flexibility index (Phi) is 6.07. The monoisotopic (exact) mass is 586 g/mol. The number of amides is 2. The van der Waals surface area contributed by atoms with Gasteiger partial charge in [-0.1, -0.05) is 48.5 Å². The number of H-pyrrole nitrogens is 2. The molecular weight excluding hydrogens is 548 g/mol. The summed E-state index contributed by atoms with van der Waals surface area (Å²) in [6.07, 6.45) is 13.4. The molecule has 44 heavy (non-hydrogen) atoms. The largest absolute Gasteiger partial charge is 0.340 e. The van der Waals surface area contributed by atoms with Gasteiger partial charge in [0, 0.05) is 24.4 Å². The van der Waals surface area contributed by atoms with Crippen molar-refractivity contribution in [3.63, 3.8) is 0 Å². The van der Waals surface area contributed by atoms with Gasteiger partial charge in [0.25, 0.3) is 0 Å². The highest BCUT2D eigenvalue weighted by molar-refractivity contribution is 5.82. The Balaban J connectivity index is 0.892. The zero-order valence-corrected chi connectivity index (χ0v) is 24.9. The number of piperidine rings is 1.